The fourth-order valence-corrected chi connectivity index (χ4v) is 4.32. The van der Waals surface area contributed by atoms with Gasteiger partial charge in [-0.15, -0.1) is 0 Å². The number of nitrogens with one attached hydrogen (secondary N) is 1. The van der Waals surface area contributed by atoms with Crippen molar-refractivity contribution >= 4 is 35.3 Å². The first-order valence-electron chi connectivity index (χ1n) is 12.2. The first-order valence-corrected chi connectivity index (χ1v) is 12.9. The molecule has 0 unspecified atom stereocenters. The maximum Gasteiger partial charge on any atom is 0.271 e. The Labute approximate surface area is 236 Å². The van der Waals surface area contributed by atoms with Gasteiger partial charge in [0.05, 0.1) is 11.9 Å². The number of carbonyl (C=O) groups excluding carboxylic acids is 1. The molecule has 0 radical (unpaired) electrons. The molecule has 1 amide bonds. The van der Waals surface area contributed by atoms with Crippen LogP contribution in [0.2, 0.25) is 10.0 Å². The predicted molar refractivity (Wildman–Crippen MR) is 156 cm³/mol. The first kappa shape index (κ1) is 26.2. The Morgan fingerprint density at radius 2 is 1.72 bits per heavy atom. The van der Waals surface area contributed by atoms with Crippen LogP contribution in [0.4, 0.5) is 0 Å². The minimum absolute atomic E-state index is 0.284. The number of para-hydroxylation sites is 1. The molecule has 0 fully saturated rings. The number of nitrogens with zero attached hydrogens (tertiary/aromatic N) is 3. The second-order valence-electron chi connectivity index (χ2n) is 8.83. The number of ether oxygens (including phenoxy) is 1. The van der Waals surface area contributed by atoms with E-state index in [2.05, 4.69) is 10.5 Å². The predicted octanol–water partition coefficient (Wildman–Crippen LogP) is 7.50. The molecule has 0 bridgehead atoms. The summed E-state index contributed by atoms with van der Waals surface area (Å²) in [5.74, 6) is 0.267. The van der Waals surface area contributed by atoms with Crippen LogP contribution in [0.5, 0.6) is 5.75 Å². The minimum atomic E-state index is -0.342. The van der Waals surface area contributed by atoms with Crippen LogP contribution in [0.25, 0.3) is 16.9 Å². The zero-order chi connectivity index (χ0) is 27.2. The number of hydrogen-bond acceptors (Lipinski definition) is 4. The van der Waals surface area contributed by atoms with Gasteiger partial charge in [-0.05, 0) is 55.5 Å². The van der Waals surface area contributed by atoms with Gasteiger partial charge in [0.15, 0.2) is 0 Å². The highest BCUT2D eigenvalue weighted by Gasteiger charge is 2.12. The summed E-state index contributed by atoms with van der Waals surface area (Å²) in [4.78, 5) is 12.7. The Morgan fingerprint density at radius 1 is 0.974 bits per heavy atom. The van der Waals surface area contributed by atoms with Crippen molar-refractivity contribution in [2.75, 3.05) is 0 Å². The van der Waals surface area contributed by atoms with Gasteiger partial charge in [0.2, 0.25) is 0 Å². The van der Waals surface area contributed by atoms with E-state index in [9.17, 15) is 4.79 Å². The molecule has 8 heteroatoms. The van der Waals surface area contributed by atoms with Crippen LogP contribution in [0.3, 0.4) is 0 Å². The molecule has 194 valence electrons. The number of amides is 1. The molecule has 1 aromatic heterocycles. The molecule has 0 aliphatic heterocycles. The normalized spacial score (nSPS) is 11.1. The van der Waals surface area contributed by atoms with Gasteiger partial charge < -0.3 is 4.74 Å². The fourth-order valence-electron chi connectivity index (χ4n) is 3.86. The van der Waals surface area contributed by atoms with Crippen molar-refractivity contribution < 1.29 is 9.53 Å². The number of aromatic nitrogens is 2. The van der Waals surface area contributed by atoms with Gasteiger partial charge in [-0.2, -0.15) is 10.2 Å². The third-order valence-electron chi connectivity index (χ3n) is 5.98. The second kappa shape index (κ2) is 12.0. The van der Waals surface area contributed by atoms with Gasteiger partial charge in [0.1, 0.15) is 18.1 Å². The summed E-state index contributed by atoms with van der Waals surface area (Å²) in [7, 11) is 0. The van der Waals surface area contributed by atoms with Crippen molar-refractivity contribution in [1.82, 2.24) is 15.2 Å². The van der Waals surface area contributed by atoms with Crippen LogP contribution in [-0.2, 0) is 6.61 Å². The summed E-state index contributed by atoms with van der Waals surface area (Å²) in [5.41, 5.74) is 8.44. The topological polar surface area (TPSA) is 68.5 Å². The summed E-state index contributed by atoms with van der Waals surface area (Å²) in [6.07, 6.45) is 3.49. The van der Waals surface area contributed by atoms with E-state index in [0.29, 0.717) is 21.4 Å². The van der Waals surface area contributed by atoms with E-state index < -0.39 is 0 Å². The van der Waals surface area contributed by atoms with E-state index in [1.54, 1.807) is 47.3 Å². The lowest BCUT2D eigenvalue weighted by Gasteiger charge is -2.08. The molecule has 1 heterocycles. The molecule has 4 aromatic carbocycles. The number of aryl methyl sites for hydroxylation is 1. The first-order chi connectivity index (χ1) is 19.0. The Hall–Kier alpha value is -4.39. The van der Waals surface area contributed by atoms with Gasteiger partial charge in [0, 0.05) is 38.5 Å². The van der Waals surface area contributed by atoms with Gasteiger partial charge >= 0.3 is 0 Å². The van der Waals surface area contributed by atoms with Crippen molar-refractivity contribution in [1.29, 1.82) is 0 Å². The van der Waals surface area contributed by atoms with E-state index in [1.807, 2.05) is 73.8 Å². The zero-order valence-corrected chi connectivity index (χ0v) is 22.5. The molecule has 5 rings (SSSR count). The van der Waals surface area contributed by atoms with Crippen molar-refractivity contribution in [3.05, 3.63) is 136 Å². The molecular formula is C31H24Cl2N4O2. The Balaban J connectivity index is 1.27. The van der Waals surface area contributed by atoms with Crippen molar-refractivity contribution in [2.24, 2.45) is 5.10 Å². The van der Waals surface area contributed by atoms with E-state index in [-0.39, 0.29) is 12.5 Å². The Morgan fingerprint density at radius 3 is 2.44 bits per heavy atom. The number of hydrazone groups is 1. The zero-order valence-electron chi connectivity index (χ0n) is 21.0. The van der Waals surface area contributed by atoms with Crippen LogP contribution in [0, 0.1) is 6.92 Å². The molecule has 0 spiro atoms. The van der Waals surface area contributed by atoms with Gasteiger partial charge in [-0.3, -0.25) is 4.79 Å². The summed E-state index contributed by atoms with van der Waals surface area (Å²) in [6, 6.07) is 30.0. The quantitative estimate of drug-likeness (QED) is 0.159. The van der Waals surface area contributed by atoms with Crippen molar-refractivity contribution in [2.45, 2.75) is 13.5 Å². The Kier molecular flexibility index (Phi) is 8.06. The summed E-state index contributed by atoms with van der Waals surface area (Å²) in [6.45, 7) is 2.32. The number of carbonyl (C=O) groups is 1. The van der Waals surface area contributed by atoms with Crippen LogP contribution >= 0.6 is 23.2 Å². The third kappa shape index (κ3) is 6.55. The second-order valence-corrected chi connectivity index (χ2v) is 9.67. The SMILES string of the molecule is Cc1ccc(-c2nn(-c3ccccc3)cc2/C=N\NC(=O)c2ccc(OCc3ccc(Cl)cc3Cl)cc2)cc1. The van der Waals surface area contributed by atoms with E-state index >= 15 is 0 Å². The number of rotatable bonds is 8. The number of hydrogen-bond donors (Lipinski definition) is 1. The fraction of sp³-hybridized carbons (Fsp3) is 0.0645. The summed E-state index contributed by atoms with van der Waals surface area (Å²) < 4.78 is 7.59. The van der Waals surface area contributed by atoms with E-state index in [1.165, 1.54) is 0 Å². The molecule has 1 N–H and O–H groups in total. The minimum Gasteiger partial charge on any atom is -0.489 e. The molecule has 0 atom stereocenters. The van der Waals surface area contributed by atoms with Gasteiger partial charge in [0.25, 0.3) is 5.91 Å². The lowest BCUT2D eigenvalue weighted by molar-refractivity contribution is 0.0955. The van der Waals surface area contributed by atoms with Crippen LogP contribution in [0.1, 0.15) is 27.0 Å². The van der Waals surface area contributed by atoms with Crippen LogP contribution in [0.15, 0.2) is 108 Å². The molecule has 0 saturated heterocycles. The highest BCUT2D eigenvalue weighted by molar-refractivity contribution is 6.35. The molecule has 0 aliphatic rings. The lowest BCUT2D eigenvalue weighted by Crippen LogP contribution is -2.17. The van der Waals surface area contributed by atoms with Crippen LogP contribution in [-0.4, -0.2) is 21.9 Å². The average molecular weight is 555 g/mol. The molecule has 6 nitrogen and oxygen atoms in total. The highest BCUT2D eigenvalue weighted by Crippen LogP contribution is 2.24. The third-order valence-corrected chi connectivity index (χ3v) is 6.57. The van der Waals surface area contributed by atoms with Gasteiger partial charge in [-0.1, -0.05) is 77.3 Å². The van der Waals surface area contributed by atoms with Crippen LogP contribution < -0.4 is 10.2 Å². The standard InChI is InChI=1S/C31H24Cl2N4O2/c1-21-7-9-22(10-8-21)30-25(19-37(36-30)27-5-3-2-4-6-27)18-34-35-31(38)23-12-15-28(16-13-23)39-20-24-11-14-26(32)17-29(24)33/h2-19H,20H2,1H3,(H,35,38)/b34-18-. The smallest absolute Gasteiger partial charge is 0.271 e. The summed E-state index contributed by atoms with van der Waals surface area (Å²) >= 11 is 12.1. The average Bonchev–Trinajstić information content (AvgIpc) is 3.38. The highest BCUT2D eigenvalue weighted by atomic mass is 35.5. The lowest BCUT2D eigenvalue weighted by atomic mass is 10.1. The van der Waals surface area contributed by atoms with Gasteiger partial charge in [-0.25, -0.2) is 10.1 Å². The van der Waals surface area contributed by atoms with Crippen molar-refractivity contribution in [3.8, 4) is 22.7 Å². The maximum atomic E-state index is 12.7. The molecule has 0 saturated carbocycles. The molecule has 39 heavy (non-hydrogen) atoms. The maximum absolute atomic E-state index is 12.7. The Bertz CT molecular complexity index is 1610. The van der Waals surface area contributed by atoms with Crippen molar-refractivity contribution in [3.63, 3.8) is 0 Å². The monoisotopic (exact) mass is 554 g/mol. The number of benzene rings is 4. The molecule has 0 aliphatic carbocycles. The van der Waals surface area contributed by atoms with E-state index in [0.717, 1.165) is 33.6 Å². The number of halogens is 2. The molecule has 5 aromatic rings. The largest absolute Gasteiger partial charge is 0.489 e. The molecular weight excluding hydrogens is 531 g/mol. The summed E-state index contributed by atoms with van der Waals surface area (Å²) in [5, 5.41) is 10.1. The van der Waals surface area contributed by atoms with E-state index in [4.69, 9.17) is 33.0 Å².